The Morgan fingerprint density at radius 2 is 1.95 bits per heavy atom. The van der Waals surface area contributed by atoms with Gasteiger partial charge in [0.1, 0.15) is 0 Å². The average Bonchev–Trinajstić information content (AvgIpc) is 2.80. The number of hydrogen-bond acceptors (Lipinski definition) is 2. The molecule has 1 heterocycles. The molecule has 0 saturated heterocycles. The summed E-state index contributed by atoms with van der Waals surface area (Å²) < 4.78 is 2.37. The number of aromatic nitrogens is 1. The molecule has 1 unspecified atom stereocenters. The van der Waals surface area contributed by atoms with Crippen molar-refractivity contribution >= 4 is 53.4 Å². The molecule has 0 spiro atoms. The van der Waals surface area contributed by atoms with Crippen LogP contribution in [0.1, 0.15) is 15.4 Å². The van der Waals surface area contributed by atoms with Gasteiger partial charge in [0.25, 0.3) is 0 Å². The largest absolute Gasteiger partial charge is 0.241 e. The first-order valence-electron chi connectivity index (χ1n) is 5.96. The maximum atomic E-state index is 4.68. The van der Waals surface area contributed by atoms with Gasteiger partial charge in [-0.25, -0.2) is 4.98 Å². The predicted molar refractivity (Wildman–Crippen MR) is 89.1 cm³/mol. The third-order valence-corrected chi connectivity index (χ3v) is 5.31. The number of rotatable bonds is 3. The number of alkyl halides is 1. The Morgan fingerprint density at radius 3 is 2.74 bits per heavy atom. The van der Waals surface area contributed by atoms with E-state index in [2.05, 4.69) is 73.2 Å². The van der Waals surface area contributed by atoms with E-state index in [-0.39, 0.29) is 0 Å². The molecule has 0 N–H and O–H groups in total. The van der Waals surface area contributed by atoms with Crippen molar-refractivity contribution in [2.45, 2.75) is 11.2 Å². The van der Waals surface area contributed by atoms with Crippen LogP contribution in [0.4, 0.5) is 0 Å². The predicted octanol–water partition coefficient (Wildman–Crippen LogP) is 5.74. The van der Waals surface area contributed by atoms with E-state index in [1.165, 1.54) is 15.3 Å². The summed E-state index contributed by atoms with van der Waals surface area (Å²) in [6.45, 7) is 0. The molecule has 0 amide bonds. The lowest BCUT2D eigenvalue weighted by atomic mass is 10.1. The van der Waals surface area contributed by atoms with Crippen molar-refractivity contribution in [2.75, 3.05) is 0 Å². The lowest BCUT2D eigenvalue weighted by molar-refractivity contribution is 0.937. The second kappa shape index (κ2) is 5.73. The van der Waals surface area contributed by atoms with Crippen LogP contribution < -0.4 is 0 Å². The standard InChI is InChI=1S/C15H11Br2NS/c16-11-5-3-4-10(8-11)12(17)9-15-18-13-6-1-2-7-14(13)19-15/h1-8,12H,9H2. The zero-order valence-corrected chi connectivity index (χ0v) is 14.0. The summed E-state index contributed by atoms with van der Waals surface area (Å²) in [4.78, 5) is 4.97. The third-order valence-electron chi connectivity index (χ3n) is 2.90. The summed E-state index contributed by atoms with van der Waals surface area (Å²) in [6, 6.07) is 16.7. The van der Waals surface area contributed by atoms with Crippen LogP contribution in [0.3, 0.4) is 0 Å². The van der Waals surface area contributed by atoms with E-state index in [1.807, 2.05) is 12.1 Å². The van der Waals surface area contributed by atoms with Crippen molar-refractivity contribution in [3.05, 3.63) is 63.6 Å². The van der Waals surface area contributed by atoms with Crippen molar-refractivity contribution in [1.82, 2.24) is 4.98 Å². The van der Waals surface area contributed by atoms with Crippen molar-refractivity contribution in [3.8, 4) is 0 Å². The lowest BCUT2D eigenvalue weighted by Gasteiger charge is -2.08. The highest BCUT2D eigenvalue weighted by atomic mass is 79.9. The Hall–Kier alpha value is -0.710. The molecule has 0 aliphatic rings. The monoisotopic (exact) mass is 395 g/mol. The maximum absolute atomic E-state index is 4.68. The third kappa shape index (κ3) is 3.07. The molecule has 4 heteroatoms. The molecule has 1 nitrogen and oxygen atoms in total. The minimum absolute atomic E-state index is 0.297. The van der Waals surface area contributed by atoms with Crippen molar-refractivity contribution in [3.63, 3.8) is 0 Å². The molecule has 0 aliphatic carbocycles. The molecule has 96 valence electrons. The molecule has 1 aromatic heterocycles. The van der Waals surface area contributed by atoms with E-state index in [4.69, 9.17) is 0 Å². The van der Waals surface area contributed by atoms with Crippen LogP contribution in [-0.2, 0) is 6.42 Å². The van der Waals surface area contributed by atoms with Gasteiger partial charge in [0.05, 0.1) is 15.2 Å². The second-order valence-corrected chi connectivity index (χ2v) is 7.44. The first-order chi connectivity index (χ1) is 9.22. The highest BCUT2D eigenvalue weighted by Crippen LogP contribution is 2.31. The minimum Gasteiger partial charge on any atom is -0.241 e. The zero-order valence-electron chi connectivity index (χ0n) is 10.0. The molecule has 1 atom stereocenters. The Morgan fingerprint density at radius 1 is 1.11 bits per heavy atom. The van der Waals surface area contributed by atoms with Crippen LogP contribution in [0, 0.1) is 0 Å². The summed E-state index contributed by atoms with van der Waals surface area (Å²) in [5, 5.41) is 1.17. The zero-order chi connectivity index (χ0) is 13.2. The fraction of sp³-hybridized carbons (Fsp3) is 0.133. The van der Waals surface area contributed by atoms with Crippen LogP contribution in [0.25, 0.3) is 10.2 Å². The van der Waals surface area contributed by atoms with Gasteiger partial charge in [-0.1, -0.05) is 56.1 Å². The van der Waals surface area contributed by atoms with Crippen LogP contribution in [-0.4, -0.2) is 4.98 Å². The van der Waals surface area contributed by atoms with Gasteiger partial charge in [0.15, 0.2) is 0 Å². The number of fused-ring (bicyclic) bond motifs is 1. The van der Waals surface area contributed by atoms with Gasteiger partial charge in [-0.3, -0.25) is 0 Å². The van der Waals surface area contributed by atoms with Gasteiger partial charge in [-0.15, -0.1) is 11.3 Å². The van der Waals surface area contributed by atoms with Gasteiger partial charge in [0, 0.05) is 15.7 Å². The first-order valence-corrected chi connectivity index (χ1v) is 8.49. The highest BCUT2D eigenvalue weighted by molar-refractivity contribution is 9.10. The molecule has 0 saturated carbocycles. The second-order valence-electron chi connectivity index (χ2n) is 4.30. The number of hydrogen-bond donors (Lipinski definition) is 0. The number of nitrogens with zero attached hydrogens (tertiary/aromatic N) is 1. The average molecular weight is 397 g/mol. The van der Waals surface area contributed by atoms with Gasteiger partial charge < -0.3 is 0 Å². The first kappa shape index (κ1) is 13.3. The van der Waals surface area contributed by atoms with E-state index in [1.54, 1.807) is 11.3 Å². The number of benzene rings is 2. The van der Waals surface area contributed by atoms with Gasteiger partial charge in [-0.2, -0.15) is 0 Å². The minimum atomic E-state index is 0.297. The van der Waals surface area contributed by atoms with Crippen LogP contribution in [0.2, 0.25) is 0 Å². The van der Waals surface area contributed by atoms with Crippen LogP contribution in [0.15, 0.2) is 53.0 Å². The molecule has 0 radical (unpaired) electrons. The molecule has 0 aliphatic heterocycles. The molecule has 3 rings (SSSR count). The van der Waals surface area contributed by atoms with Crippen LogP contribution >= 0.6 is 43.2 Å². The SMILES string of the molecule is Brc1cccc(C(Br)Cc2nc3ccccc3s2)c1. The summed E-state index contributed by atoms with van der Waals surface area (Å²) >= 11 is 9.04. The van der Waals surface area contributed by atoms with E-state index in [0.29, 0.717) is 4.83 Å². The lowest BCUT2D eigenvalue weighted by Crippen LogP contribution is -1.94. The molecular weight excluding hydrogens is 386 g/mol. The summed E-state index contributed by atoms with van der Waals surface area (Å²) in [6.07, 6.45) is 0.913. The Bertz CT molecular complexity index is 675. The van der Waals surface area contributed by atoms with Gasteiger partial charge >= 0.3 is 0 Å². The van der Waals surface area contributed by atoms with E-state index >= 15 is 0 Å². The smallest absolute Gasteiger partial charge is 0.0953 e. The fourth-order valence-electron chi connectivity index (χ4n) is 1.98. The molecule has 3 aromatic rings. The molecule has 2 aromatic carbocycles. The molecule has 0 fully saturated rings. The highest BCUT2D eigenvalue weighted by Gasteiger charge is 2.12. The fourth-order valence-corrected chi connectivity index (χ4v) is 4.22. The number of thiazole rings is 1. The quantitative estimate of drug-likeness (QED) is 0.514. The Kier molecular flexibility index (Phi) is 4.01. The van der Waals surface area contributed by atoms with Crippen LogP contribution in [0.5, 0.6) is 0 Å². The van der Waals surface area contributed by atoms with Crippen molar-refractivity contribution in [2.24, 2.45) is 0 Å². The summed E-state index contributed by atoms with van der Waals surface area (Å²) in [5.74, 6) is 0. The summed E-state index contributed by atoms with van der Waals surface area (Å²) in [5.41, 5.74) is 2.37. The van der Waals surface area contributed by atoms with Crippen molar-refractivity contribution < 1.29 is 0 Å². The Balaban J connectivity index is 1.84. The van der Waals surface area contributed by atoms with Gasteiger partial charge in [0.2, 0.25) is 0 Å². The Labute approximate surface area is 132 Å². The molecule has 19 heavy (non-hydrogen) atoms. The number of halogens is 2. The van der Waals surface area contributed by atoms with E-state index in [9.17, 15) is 0 Å². The normalized spacial score (nSPS) is 12.7. The summed E-state index contributed by atoms with van der Waals surface area (Å²) in [7, 11) is 0. The number of para-hydroxylation sites is 1. The van der Waals surface area contributed by atoms with E-state index < -0.39 is 0 Å². The van der Waals surface area contributed by atoms with E-state index in [0.717, 1.165) is 16.4 Å². The molecular formula is C15H11Br2NS. The van der Waals surface area contributed by atoms with Gasteiger partial charge in [-0.05, 0) is 29.8 Å². The van der Waals surface area contributed by atoms with Crippen molar-refractivity contribution in [1.29, 1.82) is 0 Å². The molecule has 0 bridgehead atoms. The maximum Gasteiger partial charge on any atom is 0.0953 e. The topological polar surface area (TPSA) is 12.9 Å².